The van der Waals surface area contributed by atoms with Crippen LogP contribution in [-0.2, 0) is 0 Å². The molecule has 10 rings (SSSR count). The van der Waals surface area contributed by atoms with E-state index >= 15 is 0 Å². The molecule has 9 aromatic rings. The van der Waals surface area contributed by atoms with Crippen molar-refractivity contribution >= 4 is 22.9 Å². The summed E-state index contributed by atoms with van der Waals surface area (Å²) in [6, 6.07) is 58.3. The summed E-state index contributed by atoms with van der Waals surface area (Å²) in [7, 11) is 0. The molecule has 55 heavy (non-hydrogen) atoms. The van der Waals surface area contributed by atoms with E-state index in [4.69, 9.17) is 24.7 Å². The first-order valence-electron chi connectivity index (χ1n) is 18.3. The van der Waals surface area contributed by atoms with Crippen LogP contribution in [0.5, 0.6) is 11.5 Å². The van der Waals surface area contributed by atoms with Crippen molar-refractivity contribution in [2.45, 2.75) is 0 Å². The Bertz CT molecular complexity index is 2890. The van der Waals surface area contributed by atoms with E-state index in [0.29, 0.717) is 11.6 Å². The molecule has 0 aliphatic carbocycles. The third kappa shape index (κ3) is 6.14. The van der Waals surface area contributed by atoms with Gasteiger partial charge in [0.05, 0.1) is 17.0 Å². The Morgan fingerprint density at radius 3 is 1.82 bits per heavy atom. The molecule has 0 spiro atoms. The topological polar surface area (TPSA) is 60.8 Å². The fourth-order valence-corrected chi connectivity index (χ4v) is 7.28. The summed E-state index contributed by atoms with van der Waals surface area (Å²) in [6.45, 7) is 0. The molecule has 0 saturated carbocycles. The molecule has 0 radical (unpaired) electrons. The number of ether oxygens (including phenoxy) is 1. The quantitative estimate of drug-likeness (QED) is 0.182. The molecule has 0 unspecified atom stereocenters. The Labute approximate surface area is 319 Å². The molecule has 1 aliphatic heterocycles. The van der Waals surface area contributed by atoms with E-state index in [-0.39, 0.29) is 0 Å². The molecule has 258 valence electrons. The van der Waals surface area contributed by atoms with Crippen LogP contribution in [0.1, 0.15) is 11.1 Å². The van der Waals surface area contributed by atoms with Gasteiger partial charge in [0, 0.05) is 45.6 Å². The molecule has 0 saturated heterocycles. The van der Waals surface area contributed by atoms with Gasteiger partial charge in [0.25, 0.3) is 0 Å². The van der Waals surface area contributed by atoms with Gasteiger partial charge in [0.15, 0.2) is 11.6 Å². The van der Waals surface area contributed by atoms with Gasteiger partial charge in [0.1, 0.15) is 11.5 Å². The molecule has 5 heteroatoms. The van der Waals surface area contributed by atoms with Crippen LogP contribution in [0.4, 0.5) is 0 Å². The first-order chi connectivity index (χ1) is 27.2. The molecular weight excluding hydrogens is 673 g/mol. The lowest BCUT2D eigenvalue weighted by atomic mass is 9.92. The molecular formula is C50H32N4O. The second-order valence-corrected chi connectivity index (χ2v) is 13.5. The van der Waals surface area contributed by atoms with Crippen molar-refractivity contribution in [2.75, 3.05) is 0 Å². The van der Waals surface area contributed by atoms with Gasteiger partial charge in [-0.1, -0.05) is 158 Å². The van der Waals surface area contributed by atoms with Gasteiger partial charge in [-0.3, -0.25) is 0 Å². The zero-order chi connectivity index (χ0) is 36.6. The lowest BCUT2D eigenvalue weighted by Gasteiger charge is -2.18. The minimum absolute atomic E-state index is 0.551. The predicted molar refractivity (Wildman–Crippen MR) is 223 cm³/mol. The highest BCUT2D eigenvalue weighted by Crippen LogP contribution is 2.45. The van der Waals surface area contributed by atoms with Crippen molar-refractivity contribution in [1.82, 2.24) is 19.9 Å². The lowest BCUT2D eigenvalue weighted by molar-refractivity contribution is 0.492. The van der Waals surface area contributed by atoms with Gasteiger partial charge in [-0.2, -0.15) is 0 Å². The Morgan fingerprint density at radius 2 is 1.02 bits per heavy atom. The smallest absolute Gasteiger partial charge is 0.163 e. The number of hydrogen-bond donors (Lipinski definition) is 0. The zero-order valence-corrected chi connectivity index (χ0v) is 29.7. The summed E-state index contributed by atoms with van der Waals surface area (Å²) in [5.74, 6) is 2.81. The molecule has 0 bridgehead atoms. The van der Waals surface area contributed by atoms with E-state index in [1.807, 2.05) is 54.6 Å². The minimum atomic E-state index is 0.551. The van der Waals surface area contributed by atoms with Gasteiger partial charge in [-0.15, -0.1) is 0 Å². The number of hydrogen-bond acceptors (Lipinski definition) is 5. The zero-order valence-electron chi connectivity index (χ0n) is 29.7. The van der Waals surface area contributed by atoms with Crippen LogP contribution in [0.25, 0.3) is 90.5 Å². The van der Waals surface area contributed by atoms with E-state index in [9.17, 15) is 0 Å². The number of benzene rings is 7. The summed E-state index contributed by atoms with van der Waals surface area (Å²) in [4.78, 5) is 19.6. The van der Waals surface area contributed by atoms with Gasteiger partial charge < -0.3 is 4.74 Å². The molecule has 3 heterocycles. The van der Waals surface area contributed by atoms with Crippen LogP contribution in [-0.4, -0.2) is 19.9 Å². The fourth-order valence-electron chi connectivity index (χ4n) is 7.28. The molecule has 0 amide bonds. The van der Waals surface area contributed by atoms with E-state index in [1.165, 1.54) is 0 Å². The Hall–Kier alpha value is -7.50. The van der Waals surface area contributed by atoms with Crippen molar-refractivity contribution in [1.29, 1.82) is 0 Å². The first-order valence-corrected chi connectivity index (χ1v) is 18.3. The van der Waals surface area contributed by atoms with Crippen molar-refractivity contribution in [3.8, 4) is 79.0 Å². The van der Waals surface area contributed by atoms with Crippen molar-refractivity contribution < 1.29 is 4.74 Å². The van der Waals surface area contributed by atoms with Crippen LogP contribution in [0.3, 0.4) is 0 Å². The third-order valence-corrected chi connectivity index (χ3v) is 10.0. The maximum atomic E-state index is 7.07. The second kappa shape index (κ2) is 13.8. The summed E-state index contributed by atoms with van der Waals surface area (Å²) < 4.78 is 7.07. The minimum Gasteiger partial charge on any atom is -0.455 e. The van der Waals surface area contributed by atoms with E-state index in [2.05, 4.69) is 127 Å². The molecule has 2 aromatic heterocycles. The summed E-state index contributed by atoms with van der Waals surface area (Å²) in [5, 5.41) is 2.15. The fraction of sp³-hybridized carbons (Fsp3) is 0. The molecule has 0 N–H and O–H groups in total. The van der Waals surface area contributed by atoms with Gasteiger partial charge >= 0.3 is 0 Å². The maximum absolute atomic E-state index is 7.07. The average molecular weight is 705 g/mol. The molecule has 5 nitrogen and oxygen atoms in total. The molecule has 1 aliphatic rings. The number of aromatic nitrogens is 4. The highest BCUT2D eigenvalue weighted by Gasteiger charge is 2.20. The largest absolute Gasteiger partial charge is 0.455 e. The Balaban J connectivity index is 1.18. The number of rotatable bonds is 4. The number of fused-ring (bicyclic) bond motifs is 8. The van der Waals surface area contributed by atoms with E-state index in [1.54, 1.807) is 12.4 Å². The van der Waals surface area contributed by atoms with Gasteiger partial charge in [0.2, 0.25) is 0 Å². The monoisotopic (exact) mass is 704 g/mol. The number of nitrogens with zero attached hydrogens (tertiary/aromatic N) is 4. The van der Waals surface area contributed by atoms with Crippen LogP contribution in [0.15, 0.2) is 182 Å². The highest BCUT2D eigenvalue weighted by molar-refractivity contribution is 5.99. The van der Waals surface area contributed by atoms with Crippen molar-refractivity contribution in [2.24, 2.45) is 0 Å². The summed E-state index contributed by atoms with van der Waals surface area (Å²) in [6.07, 6.45) is 8.01. The number of para-hydroxylation sites is 1. The first kappa shape index (κ1) is 32.2. The third-order valence-electron chi connectivity index (χ3n) is 10.0. The van der Waals surface area contributed by atoms with Crippen molar-refractivity contribution in [3.05, 3.63) is 193 Å². The molecule has 0 atom stereocenters. The van der Waals surface area contributed by atoms with E-state index in [0.717, 1.165) is 89.3 Å². The second-order valence-electron chi connectivity index (χ2n) is 13.5. The maximum Gasteiger partial charge on any atom is 0.163 e. The van der Waals surface area contributed by atoms with Crippen LogP contribution < -0.4 is 4.74 Å². The molecule has 7 aromatic carbocycles. The average Bonchev–Trinajstić information content (AvgIpc) is 3.28. The standard InChI is InChI=1S/C50H32N4O/c1-3-15-36(16-4-1)45-30-46(54-50(53-45)39-31-51-49(52-32-39)37-17-5-2-6-18-37)38-26-25-35-24-23-33-13-7-9-19-40(33)42-21-11-12-22-47(42)55-48-41-20-10-8-14-34(41)27-28-43(48)44(35)29-38/h1-32H/b24-23-. The van der Waals surface area contributed by atoms with Crippen LogP contribution in [0.2, 0.25) is 0 Å². The normalized spacial score (nSPS) is 12.3. The summed E-state index contributed by atoms with van der Waals surface area (Å²) >= 11 is 0. The Morgan fingerprint density at radius 1 is 0.382 bits per heavy atom. The van der Waals surface area contributed by atoms with E-state index < -0.39 is 0 Å². The Kier molecular flexibility index (Phi) is 8.08. The molecule has 0 fully saturated rings. The SMILES string of the molecule is C1=C\c2ccc(-c3cc(-c4ccccc4)nc(-c4cnc(-c5ccccc5)nc4)n3)cc2-c2ccc3ccccc3c2Oc2ccccc2-c2ccccc2/1. The van der Waals surface area contributed by atoms with Crippen molar-refractivity contribution in [3.63, 3.8) is 0 Å². The van der Waals surface area contributed by atoms with Crippen LogP contribution in [0, 0.1) is 0 Å². The summed E-state index contributed by atoms with van der Waals surface area (Å²) in [5.41, 5.74) is 11.6. The van der Waals surface area contributed by atoms with Gasteiger partial charge in [-0.05, 0) is 51.9 Å². The predicted octanol–water partition coefficient (Wildman–Crippen LogP) is 12.7. The highest BCUT2D eigenvalue weighted by atomic mass is 16.5. The lowest BCUT2D eigenvalue weighted by Crippen LogP contribution is -1.98. The van der Waals surface area contributed by atoms with Crippen LogP contribution >= 0.6 is 0 Å². The van der Waals surface area contributed by atoms with Gasteiger partial charge in [-0.25, -0.2) is 19.9 Å².